The topological polar surface area (TPSA) is 67.8 Å². The fourth-order valence-corrected chi connectivity index (χ4v) is 2.97. The number of methoxy groups -OCH3 is 2. The predicted octanol–water partition coefficient (Wildman–Crippen LogP) is 1.84. The SMILES string of the molecule is COC(=O)CCC[C@H]1C[C@H](O)[C@H](c2ccc(OC)cc2)CN1. The highest BCUT2D eigenvalue weighted by molar-refractivity contribution is 5.68. The zero-order valence-electron chi connectivity index (χ0n) is 13.2. The van der Waals surface area contributed by atoms with Gasteiger partial charge in [-0.15, -0.1) is 0 Å². The van der Waals surface area contributed by atoms with Crippen LogP contribution in [0.15, 0.2) is 24.3 Å². The standard InChI is InChI=1S/C17H25NO4/c1-21-14-8-6-12(7-9-14)15-11-18-13(10-16(15)19)4-3-5-17(20)22-2/h6-9,13,15-16,18-19H,3-5,10-11H2,1-2H3/t13-,15-,16-/m0/s1. The molecule has 0 aliphatic carbocycles. The maximum Gasteiger partial charge on any atom is 0.305 e. The highest BCUT2D eigenvalue weighted by Crippen LogP contribution is 2.28. The third kappa shape index (κ3) is 4.45. The van der Waals surface area contributed by atoms with Crippen molar-refractivity contribution in [3.63, 3.8) is 0 Å². The van der Waals surface area contributed by atoms with Crippen molar-refractivity contribution >= 4 is 5.97 Å². The summed E-state index contributed by atoms with van der Waals surface area (Å²) in [4.78, 5) is 11.1. The van der Waals surface area contributed by atoms with Crippen molar-refractivity contribution in [1.29, 1.82) is 0 Å². The minimum Gasteiger partial charge on any atom is -0.497 e. The summed E-state index contributed by atoms with van der Waals surface area (Å²) in [6.45, 7) is 0.746. The van der Waals surface area contributed by atoms with E-state index in [4.69, 9.17) is 4.74 Å². The fraction of sp³-hybridized carbons (Fsp3) is 0.588. The first-order valence-corrected chi connectivity index (χ1v) is 7.76. The molecule has 0 bridgehead atoms. The molecule has 1 fully saturated rings. The predicted molar refractivity (Wildman–Crippen MR) is 84.0 cm³/mol. The van der Waals surface area contributed by atoms with Gasteiger partial charge in [0, 0.05) is 24.9 Å². The zero-order chi connectivity index (χ0) is 15.9. The third-order valence-electron chi connectivity index (χ3n) is 4.32. The van der Waals surface area contributed by atoms with E-state index < -0.39 is 0 Å². The highest BCUT2D eigenvalue weighted by Gasteiger charge is 2.29. The molecular formula is C17H25NO4. The lowest BCUT2D eigenvalue weighted by Crippen LogP contribution is -2.45. The van der Waals surface area contributed by atoms with Crippen LogP contribution in [0, 0.1) is 0 Å². The monoisotopic (exact) mass is 307 g/mol. The molecule has 5 heteroatoms. The quantitative estimate of drug-likeness (QED) is 0.785. The van der Waals surface area contributed by atoms with Crippen LogP contribution < -0.4 is 10.1 Å². The lowest BCUT2D eigenvalue weighted by atomic mass is 9.85. The van der Waals surface area contributed by atoms with Crippen LogP contribution in [-0.2, 0) is 9.53 Å². The van der Waals surface area contributed by atoms with Crippen molar-refractivity contribution in [2.24, 2.45) is 0 Å². The first-order chi connectivity index (χ1) is 10.6. The van der Waals surface area contributed by atoms with Crippen LogP contribution in [0.1, 0.15) is 37.2 Å². The number of rotatable bonds is 6. The zero-order valence-corrected chi connectivity index (χ0v) is 13.2. The lowest BCUT2D eigenvalue weighted by molar-refractivity contribution is -0.140. The van der Waals surface area contributed by atoms with E-state index in [2.05, 4.69) is 10.1 Å². The third-order valence-corrected chi connectivity index (χ3v) is 4.32. The first kappa shape index (κ1) is 16.8. The Morgan fingerprint density at radius 1 is 1.32 bits per heavy atom. The van der Waals surface area contributed by atoms with Gasteiger partial charge >= 0.3 is 5.97 Å². The Balaban J connectivity index is 1.82. The van der Waals surface area contributed by atoms with E-state index in [1.54, 1.807) is 7.11 Å². The summed E-state index contributed by atoms with van der Waals surface area (Å²) in [6, 6.07) is 8.11. The molecule has 0 radical (unpaired) electrons. The molecule has 1 heterocycles. The maximum absolute atomic E-state index is 11.1. The normalized spacial score (nSPS) is 24.8. The molecule has 1 aliphatic rings. The largest absolute Gasteiger partial charge is 0.497 e. The van der Waals surface area contributed by atoms with Crippen molar-refractivity contribution in [1.82, 2.24) is 5.32 Å². The van der Waals surface area contributed by atoms with E-state index in [0.717, 1.165) is 30.7 Å². The molecule has 1 saturated heterocycles. The number of benzene rings is 1. The number of aliphatic hydroxyl groups is 1. The van der Waals surface area contributed by atoms with Gasteiger partial charge in [0.2, 0.25) is 0 Å². The van der Waals surface area contributed by atoms with Gasteiger partial charge in [-0.2, -0.15) is 0 Å². The molecule has 0 aromatic heterocycles. The minimum absolute atomic E-state index is 0.0998. The molecule has 1 aromatic carbocycles. The molecule has 1 aliphatic heterocycles. The molecule has 3 atom stereocenters. The molecule has 0 amide bonds. The fourth-order valence-electron chi connectivity index (χ4n) is 2.97. The minimum atomic E-state index is -0.363. The van der Waals surface area contributed by atoms with E-state index >= 15 is 0 Å². The second-order valence-corrected chi connectivity index (χ2v) is 5.76. The van der Waals surface area contributed by atoms with Crippen LogP contribution in [0.3, 0.4) is 0 Å². The van der Waals surface area contributed by atoms with Gasteiger partial charge in [0.05, 0.1) is 20.3 Å². The van der Waals surface area contributed by atoms with Crippen molar-refractivity contribution in [3.05, 3.63) is 29.8 Å². The van der Waals surface area contributed by atoms with E-state index in [9.17, 15) is 9.90 Å². The van der Waals surface area contributed by atoms with E-state index in [-0.39, 0.29) is 24.0 Å². The Morgan fingerprint density at radius 3 is 2.64 bits per heavy atom. The number of esters is 1. The van der Waals surface area contributed by atoms with Gasteiger partial charge in [0.1, 0.15) is 5.75 Å². The number of piperidine rings is 1. The van der Waals surface area contributed by atoms with E-state index in [0.29, 0.717) is 12.8 Å². The van der Waals surface area contributed by atoms with Crippen molar-refractivity contribution < 1.29 is 19.4 Å². The summed E-state index contributed by atoms with van der Waals surface area (Å²) >= 11 is 0. The maximum atomic E-state index is 11.1. The second-order valence-electron chi connectivity index (χ2n) is 5.76. The van der Waals surface area contributed by atoms with Gasteiger partial charge in [0.25, 0.3) is 0 Å². The lowest BCUT2D eigenvalue weighted by Gasteiger charge is -2.34. The Hall–Kier alpha value is -1.59. The summed E-state index contributed by atoms with van der Waals surface area (Å²) in [5.74, 6) is 0.748. The summed E-state index contributed by atoms with van der Waals surface area (Å²) in [6.07, 6.45) is 2.44. The van der Waals surface area contributed by atoms with Gasteiger partial charge in [0.15, 0.2) is 0 Å². The molecule has 0 spiro atoms. The summed E-state index contributed by atoms with van der Waals surface area (Å²) in [5, 5.41) is 13.9. The second kappa shape index (κ2) is 8.15. The van der Waals surface area contributed by atoms with Gasteiger partial charge in [-0.3, -0.25) is 4.79 Å². The van der Waals surface area contributed by atoms with Crippen LogP contribution >= 0.6 is 0 Å². The van der Waals surface area contributed by atoms with Gasteiger partial charge in [-0.25, -0.2) is 0 Å². The number of carbonyl (C=O) groups excluding carboxylic acids is 1. The number of hydrogen-bond acceptors (Lipinski definition) is 5. The van der Waals surface area contributed by atoms with Gasteiger partial charge in [-0.1, -0.05) is 12.1 Å². The molecule has 122 valence electrons. The molecule has 22 heavy (non-hydrogen) atoms. The average Bonchev–Trinajstić information content (AvgIpc) is 2.55. The van der Waals surface area contributed by atoms with Gasteiger partial charge in [-0.05, 0) is 37.0 Å². The molecule has 1 aromatic rings. The Bertz CT molecular complexity index is 474. The molecule has 0 unspecified atom stereocenters. The van der Waals surface area contributed by atoms with E-state index in [1.807, 2.05) is 24.3 Å². The van der Waals surface area contributed by atoms with Crippen LogP contribution in [0.4, 0.5) is 0 Å². The Morgan fingerprint density at radius 2 is 2.05 bits per heavy atom. The molecule has 5 nitrogen and oxygen atoms in total. The smallest absolute Gasteiger partial charge is 0.305 e. The van der Waals surface area contributed by atoms with Crippen LogP contribution in [-0.4, -0.2) is 44.0 Å². The highest BCUT2D eigenvalue weighted by atomic mass is 16.5. The van der Waals surface area contributed by atoms with Crippen molar-refractivity contribution in [3.8, 4) is 5.75 Å². The van der Waals surface area contributed by atoms with Crippen LogP contribution in [0.5, 0.6) is 5.75 Å². The van der Waals surface area contributed by atoms with Gasteiger partial charge < -0.3 is 19.9 Å². The van der Waals surface area contributed by atoms with Crippen LogP contribution in [0.25, 0.3) is 0 Å². The van der Waals surface area contributed by atoms with Crippen molar-refractivity contribution in [2.45, 2.75) is 43.7 Å². The van der Waals surface area contributed by atoms with Crippen LogP contribution in [0.2, 0.25) is 0 Å². The summed E-state index contributed by atoms with van der Waals surface area (Å²) in [5.41, 5.74) is 1.12. The van der Waals surface area contributed by atoms with E-state index in [1.165, 1.54) is 7.11 Å². The Kier molecular flexibility index (Phi) is 6.21. The average molecular weight is 307 g/mol. The molecule has 2 N–H and O–H groups in total. The molecule has 2 rings (SSSR count). The first-order valence-electron chi connectivity index (χ1n) is 7.76. The summed E-state index contributed by atoms with van der Waals surface area (Å²) in [7, 11) is 3.05. The number of carbonyl (C=O) groups is 1. The Labute approximate surface area is 131 Å². The number of hydrogen-bond donors (Lipinski definition) is 2. The number of aliphatic hydroxyl groups excluding tert-OH is 1. The number of ether oxygens (including phenoxy) is 2. The van der Waals surface area contributed by atoms with Crippen molar-refractivity contribution in [2.75, 3.05) is 20.8 Å². The number of nitrogens with one attached hydrogen (secondary N) is 1. The molecular weight excluding hydrogens is 282 g/mol. The molecule has 0 saturated carbocycles. The summed E-state index contributed by atoms with van der Waals surface area (Å²) < 4.78 is 9.79.